The van der Waals surface area contributed by atoms with Crippen molar-refractivity contribution in [2.75, 3.05) is 9.80 Å². The number of fused-ring (bicyclic) bond motifs is 20. The van der Waals surface area contributed by atoms with Gasteiger partial charge in [0.2, 0.25) is 0 Å². The van der Waals surface area contributed by atoms with Gasteiger partial charge in [-0.1, -0.05) is 169 Å². The average Bonchev–Trinajstić information content (AvgIpc) is 4.10. The lowest BCUT2D eigenvalue weighted by Gasteiger charge is -2.46. The van der Waals surface area contributed by atoms with Gasteiger partial charge in [0, 0.05) is 34.1 Å². The van der Waals surface area contributed by atoms with Crippen LogP contribution >= 0.6 is 0 Å². The Kier molecular flexibility index (Phi) is 8.53. The summed E-state index contributed by atoms with van der Waals surface area (Å²) in [6.45, 7) is 14.7. The molecule has 0 atom stereocenters. The lowest BCUT2D eigenvalue weighted by Crippen LogP contribution is -2.62. The van der Waals surface area contributed by atoms with Gasteiger partial charge in [0.25, 0.3) is 6.71 Å². The van der Waals surface area contributed by atoms with Gasteiger partial charge in [-0.3, -0.25) is 0 Å². The molecule has 0 aromatic heterocycles. The Bertz CT molecular complexity index is 3830. The molecule has 0 fully saturated rings. The van der Waals surface area contributed by atoms with Gasteiger partial charge in [-0.15, -0.1) is 0 Å². The molecule has 0 unspecified atom stereocenters. The van der Waals surface area contributed by atoms with Crippen molar-refractivity contribution in [2.24, 2.45) is 0 Å². The highest BCUT2D eigenvalue weighted by atomic mass is 15.2. The first kappa shape index (κ1) is 41.4. The standard InChI is InChI=1S/C68H57BN2/c1-67(2,3)58-38-60-65(54-28-15-26-52(54)58)70(40-32-34-50-46-22-9-7-18-42(46)44-20-11-13-24-48(44)56(50)36-40)62-30-17-31-63-64(62)69(60)61-39-59(68(4,5)6)53-27-16-29-55(53)66(61)71(63)41-33-35-51-47-23-10-8-19-43(47)45-21-12-14-25-49(45)57(51)37-41/h7-14,17-25,30-39H,15-16,26-29H2,1-6H3. The number of hydrogen-bond donors (Lipinski definition) is 0. The smallest absolute Gasteiger partial charge is 0.252 e. The van der Waals surface area contributed by atoms with Crippen LogP contribution in [0, 0.1) is 0 Å². The third-order valence-electron chi connectivity index (χ3n) is 17.3. The summed E-state index contributed by atoms with van der Waals surface area (Å²) in [6, 6.07) is 63.6. The maximum Gasteiger partial charge on any atom is 0.252 e. The molecule has 0 amide bonds. The second-order valence-electron chi connectivity index (χ2n) is 23.3. The van der Waals surface area contributed by atoms with E-state index >= 15 is 0 Å². The fraction of sp³-hybridized carbons (Fsp3) is 0.206. The van der Waals surface area contributed by atoms with Gasteiger partial charge in [0.05, 0.1) is 0 Å². The van der Waals surface area contributed by atoms with E-state index in [4.69, 9.17) is 0 Å². The minimum absolute atomic E-state index is 0.00687. The van der Waals surface area contributed by atoms with Crippen LogP contribution < -0.4 is 26.2 Å². The predicted octanol–water partition coefficient (Wildman–Crippen LogP) is 16.3. The Balaban J connectivity index is 1.07. The number of benzene rings is 11. The molecular weight excluding hydrogens is 856 g/mol. The van der Waals surface area contributed by atoms with Gasteiger partial charge >= 0.3 is 0 Å². The monoisotopic (exact) mass is 912 g/mol. The van der Waals surface area contributed by atoms with Crippen LogP contribution in [0.2, 0.25) is 0 Å². The molecule has 2 nitrogen and oxygen atoms in total. The molecule has 342 valence electrons. The molecule has 3 heteroatoms. The van der Waals surface area contributed by atoms with E-state index in [1.807, 2.05) is 0 Å². The highest BCUT2D eigenvalue weighted by Gasteiger charge is 2.47. The first-order valence-corrected chi connectivity index (χ1v) is 26.3. The number of nitrogens with zero attached hydrogens (tertiary/aromatic N) is 2. The molecule has 15 rings (SSSR count). The zero-order valence-corrected chi connectivity index (χ0v) is 41.8. The Labute approximate surface area is 417 Å². The maximum atomic E-state index is 2.73. The molecule has 0 saturated carbocycles. The Hall–Kier alpha value is -7.36. The first-order valence-electron chi connectivity index (χ1n) is 26.3. The summed E-state index contributed by atoms with van der Waals surface area (Å²) in [5.41, 5.74) is 21.6. The van der Waals surface area contributed by atoms with Gasteiger partial charge < -0.3 is 9.80 Å². The van der Waals surface area contributed by atoms with Crippen molar-refractivity contribution < 1.29 is 0 Å². The van der Waals surface area contributed by atoms with Crippen molar-refractivity contribution in [2.45, 2.75) is 90.9 Å². The van der Waals surface area contributed by atoms with Crippen LogP contribution in [0.4, 0.5) is 34.1 Å². The van der Waals surface area contributed by atoms with E-state index in [0.717, 1.165) is 25.7 Å². The van der Waals surface area contributed by atoms with Crippen molar-refractivity contribution in [1.29, 1.82) is 0 Å². The number of anilines is 6. The highest BCUT2D eigenvalue weighted by Crippen LogP contribution is 2.52. The molecule has 0 spiro atoms. The molecule has 2 heterocycles. The van der Waals surface area contributed by atoms with E-state index < -0.39 is 0 Å². The van der Waals surface area contributed by atoms with Gasteiger partial charge in [-0.2, -0.15) is 0 Å². The zero-order valence-electron chi connectivity index (χ0n) is 41.8. The third-order valence-corrected chi connectivity index (χ3v) is 17.3. The number of hydrogen-bond acceptors (Lipinski definition) is 2. The van der Waals surface area contributed by atoms with Crippen molar-refractivity contribution in [3.05, 3.63) is 197 Å². The molecule has 2 aliphatic heterocycles. The molecule has 71 heavy (non-hydrogen) atoms. The van der Waals surface area contributed by atoms with Crippen LogP contribution in [0.5, 0.6) is 0 Å². The fourth-order valence-corrected chi connectivity index (χ4v) is 14.4. The first-order chi connectivity index (χ1) is 34.5. The minimum Gasteiger partial charge on any atom is -0.311 e. The molecule has 0 N–H and O–H groups in total. The van der Waals surface area contributed by atoms with Crippen LogP contribution in [0.3, 0.4) is 0 Å². The van der Waals surface area contributed by atoms with Crippen LogP contribution in [0.25, 0.3) is 64.6 Å². The minimum atomic E-state index is -0.00687. The van der Waals surface area contributed by atoms with E-state index in [-0.39, 0.29) is 17.5 Å². The van der Waals surface area contributed by atoms with Crippen LogP contribution in [0.15, 0.2) is 164 Å². The van der Waals surface area contributed by atoms with Crippen molar-refractivity contribution in [3.8, 4) is 0 Å². The third kappa shape index (κ3) is 5.72. The average molecular weight is 913 g/mol. The summed E-state index contributed by atoms with van der Waals surface area (Å²) in [5.74, 6) is 0. The molecule has 0 bridgehead atoms. The van der Waals surface area contributed by atoms with Crippen molar-refractivity contribution in [3.63, 3.8) is 0 Å². The molecule has 11 aromatic carbocycles. The summed E-state index contributed by atoms with van der Waals surface area (Å²) in [4.78, 5) is 5.46. The Morgan fingerprint density at radius 2 is 0.662 bits per heavy atom. The Morgan fingerprint density at radius 3 is 1.01 bits per heavy atom. The summed E-state index contributed by atoms with van der Waals surface area (Å²) in [5, 5.41) is 15.7. The molecular formula is C68H57BN2. The SMILES string of the molecule is CC(C)(C)c1cc2c(c3c1CCC3)N(c1ccc3c4ccccc4c4ccccc4c3c1)c1cccc3c1B2c1cc(C(C)(C)C)c2c(c1N3c1ccc3c4ccccc4c4ccccc4c3c1)CCC2. The van der Waals surface area contributed by atoms with E-state index in [0.29, 0.717) is 0 Å². The summed E-state index contributed by atoms with van der Waals surface area (Å²) in [6.07, 6.45) is 6.83. The fourth-order valence-electron chi connectivity index (χ4n) is 14.4. The lowest BCUT2D eigenvalue weighted by atomic mass is 9.32. The van der Waals surface area contributed by atoms with Crippen molar-refractivity contribution >= 4 is 122 Å². The van der Waals surface area contributed by atoms with Gasteiger partial charge in [0.1, 0.15) is 0 Å². The zero-order chi connectivity index (χ0) is 47.7. The maximum absolute atomic E-state index is 2.73. The van der Waals surface area contributed by atoms with E-state index in [9.17, 15) is 0 Å². The van der Waals surface area contributed by atoms with E-state index in [2.05, 4.69) is 215 Å². The van der Waals surface area contributed by atoms with Gasteiger partial charge in [-0.25, -0.2) is 0 Å². The van der Waals surface area contributed by atoms with Gasteiger partial charge in [-0.05, 0) is 200 Å². The van der Waals surface area contributed by atoms with Gasteiger partial charge in [0.15, 0.2) is 0 Å². The summed E-state index contributed by atoms with van der Waals surface area (Å²) < 4.78 is 0. The second kappa shape index (κ2) is 14.6. The normalized spacial score (nSPS) is 15.0. The topological polar surface area (TPSA) is 6.48 Å². The largest absolute Gasteiger partial charge is 0.311 e. The molecule has 4 aliphatic rings. The molecule has 2 aliphatic carbocycles. The summed E-state index contributed by atoms with van der Waals surface area (Å²) >= 11 is 0. The highest BCUT2D eigenvalue weighted by molar-refractivity contribution is 7.00. The Morgan fingerprint density at radius 1 is 0.338 bits per heavy atom. The van der Waals surface area contributed by atoms with E-state index in [1.54, 1.807) is 22.3 Å². The van der Waals surface area contributed by atoms with Crippen LogP contribution in [-0.2, 0) is 36.5 Å². The molecule has 0 radical (unpaired) electrons. The predicted molar refractivity (Wildman–Crippen MR) is 307 cm³/mol. The van der Waals surface area contributed by atoms with E-state index in [1.165, 1.54) is 139 Å². The lowest BCUT2D eigenvalue weighted by molar-refractivity contribution is 0.584. The molecule has 0 saturated heterocycles. The molecule has 11 aromatic rings. The number of rotatable bonds is 2. The summed E-state index contributed by atoms with van der Waals surface area (Å²) in [7, 11) is 0. The van der Waals surface area contributed by atoms with Crippen molar-refractivity contribution in [1.82, 2.24) is 0 Å². The quantitative estimate of drug-likeness (QED) is 0.126. The van der Waals surface area contributed by atoms with Crippen LogP contribution in [-0.4, -0.2) is 6.71 Å². The van der Waals surface area contributed by atoms with Crippen LogP contribution in [0.1, 0.15) is 87.8 Å². The second-order valence-corrected chi connectivity index (χ2v) is 23.3.